The van der Waals surface area contributed by atoms with Crippen LogP contribution in [0.5, 0.6) is 0 Å². The molecule has 0 aliphatic carbocycles. The summed E-state index contributed by atoms with van der Waals surface area (Å²) in [7, 11) is 1.66. The highest BCUT2D eigenvalue weighted by Gasteiger charge is 2.34. The van der Waals surface area contributed by atoms with Crippen LogP contribution in [0.15, 0.2) is 61.2 Å². The first kappa shape index (κ1) is 20.3. The first-order valence-corrected chi connectivity index (χ1v) is 9.12. The van der Waals surface area contributed by atoms with Crippen molar-refractivity contribution in [1.29, 1.82) is 0 Å². The zero-order valence-corrected chi connectivity index (χ0v) is 16.2. The van der Waals surface area contributed by atoms with Crippen LogP contribution in [-0.4, -0.2) is 37.5 Å². The SMILES string of the molecule is CN(C(=O)c1ccncc1)c1ccc(CNc2cc(C(F)(F)F)nc3ncnn23)cc1. The third kappa shape index (κ3) is 4.29. The standard InChI is InChI=1S/C20H16F3N7O/c1-29(18(31)14-6-8-24-9-7-14)15-4-2-13(3-5-15)11-25-17-10-16(20(21,22)23)28-19-26-12-27-30(17)19/h2-10,12,25H,11H2,1H3. The van der Waals surface area contributed by atoms with E-state index in [1.165, 1.54) is 9.42 Å². The van der Waals surface area contributed by atoms with Crippen molar-refractivity contribution in [2.24, 2.45) is 0 Å². The number of aromatic nitrogens is 5. The highest BCUT2D eigenvalue weighted by molar-refractivity contribution is 6.05. The van der Waals surface area contributed by atoms with Crippen LogP contribution in [0.25, 0.3) is 5.78 Å². The Morgan fingerprint density at radius 3 is 2.52 bits per heavy atom. The highest BCUT2D eigenvalue weighted by Crippen LogP contribution is 2.29. The van der Waals surface area contributed by atoms with Gasteiger partial charge >= 0.3 is 6.18 Å². The number of hydrogen-bond acceptors (Lipinski definition) is 6. The molecule has 0 aliphatic rings. The molecule has 4 rings (SSSR count). The molecule has 0 spiro atoms. The number of alkyl halides is 3. The molecule has 1 aromatic carbocycles. The maximum absolute atomic E-state index is 13.1. The monoisotopic (exact) mass is 427 g/mol. The molecule has 3 aromatic heterocycles. The topological polar surface area (TPSA) is 88.3 Å². The molecule has 0 aliphatic heterocycles. The van der Waals surface area contributed by atoms with Crippen LogP contribution in [0.4, 0.5) is 24.7 Å². The third-order valence-electron chi connectivity index (χ3n) is 4.57. The summed E-state index contributed by atoms with van der Waals surface area (Å²) in [6.07, 6.45) is -0.369. The number of pyridine rings is 1. The maximum Gasteiger partial charge on any atom is 0.433 e. The second-order valence-electron chi connectivity index (χ2n) is 6.62. The number of rotatable bonds is 5. The number of amides is 1. The molecule has 158 valence electrons. The molecule has 0 saturated carbocycles. The van der Waals surface area contributed by atoms with Gasteiger partial charge in [-0.1, -0.05) is 12.1 Å². The van der Waals surface area contributed by atoms with E-state index in [1.54, 1.807) is 55.8 Å². The summed E-state index contributed by atoms with van der Waals surface area (Å²) in [6.45, 7) is 0.235. The van der Waals surface area contributed by atoms with Crippen molar-refractivity contribution in [3.05, 3.63) is 78.0 Å². The fraction of sp³-hybridized carbons (Fsp3) is 0.150. The molecule has 8 nitrogen and oxygen atoms in total. The summed E-state index contributed by atoms with van der Waals surface area (Å²) in [5.41, 5.74) is 0.931. The van der Waals surface area contributed by atoms with Crippen LogP contribution in [0.1, 0.15) is 21.6 Å². The van der Waals surface area contributed by atoms with Crippen molar-refractivity contribution in [2.75, 3.05) is 17.3 Å². The van der Waals surface area contributed by atoms with E-state index in [-0.39, 0.29) is 24.0 Å². The number of carbonyl (C=O) groups is 1. The summed E-state index contributed by atoms with van der Waals surface area (Å²) < 4.78 is 40.5. The van der Waals surface area contributed by atoms with Gasteiger partial charge in [0.25, 0.3) is 11.7 Å². The van der Waals surface area contributed by atoms with Gasteiger partial charge in [0.05, 0.1) is 0 Å². The second kappa shape index (κ2) is 8.01. The van der Waals surface area contributed by atoms with Crippen molar-refractivity contribution in [3.8, 4) is 0 Å². The Labute approximate surface area is 174 Å². The Balaban J connectivity index is 1.49. The minimum absolute atomic E-state index is 0.115. The van der Waals surface area contributed by atoms with Gasteiger partial charge in [-0.2, -0.15) is 27.8 Å². The van der Waals surface area contributed by atoms with Crippen LogP contribution in [-0.2, 0) is 12.7 Å². The first-order chi connectivity index (χ1) is 14.8. The van der Waals surface area contributed by atoms with E-state index in [2.05, 4.69) is 25.4 Å². The number of halogens is 3. The van der Waals surface area contributed by atoms with Crippen LogP contribution in [0, 0.1) is 0 Å². The van der Waals surface area contributed by atoms with E-state index in [0.29, 0.717) is 11.3 Å². The van der Waals surface area contributed by atoms with Crippen LogP contribution < -0.4 is 10.2 Å². The molecule has 1 amide bonds. The number of carbonyl (C=O) groups excluding carboxylic acids is 1. The lowest BCUT2D eigenvalue weighted by Crippen LogP contribution is -2.26. The first-order valence-electron chi connectivity index (χ1n) is 9.12. The van der Waals surface area contributed by atoms with Gasteiger partial charge in [-0.25, -0.2) is 4.98 Å². The third-order valence-corrected chi connectivity index (χ3v) is 4.57. The molecule has 0 fully saturated rings. The van der Waals surface area contributed by atoms with Gasteiger partial charge in [0.1, 0.15) is 12.1 Å². The summed E-state index contributed by atoms with van der Waals surface area (Å²) in [4.78, 5) is 25.1. The van der Waals surface area contributed by atoms with Gasteiger partial charge in [-0.3, -0.25) is 9.78 Å². The van der Waals surface area contributed by atoms with Crippen molar-refractivity contribution in [3.63, 3.8) is 0 Å². The Kier molecular flexibility index (Phi) is 5.24. The smallest absolute Gasteiger partial charge is 0.366 e. The summed E-state index contributed by atoms with van der Waals surface area (Å²) in [6, 6.07) is 11.2. The number of nitrogens with one attached hydrogen (secondary N) is 1. The van der Waals surface area contributed by atoms with Gasteiger partial charge in [-0.15, -0.1) is 0 Å². The lowest BCUT2D eigenvalue weighted by atomic mass is 10.1. The molecule has 0 atom stereocenters. The van der Waals surface area contributed by atoms with E-state index < -0.39 is 11.9 Å². The summed E-state index contributed by atoms with van der Waals surface area (Å²) in [5, 5.41) is 6.84. The largest absolute Gasteiger partial charge is 0.433 e. The predicted molar refractivity (Wildman–Crippen MR) is 107 cm³/mol. The number of anilines is 2. The molecule has 11 heteroatoms. The number of nitrogens with zero attached hydrogens (tertiary/aromatic N) is 6. The Morgan fingerprint density at radius 2 is 1.84 bits per heavy atom. The maximum atomic E-state index is 13.1. The molecule has 4 aromatic rings. The van der Waals surface area contributed by atoms with Crippen LogP contribution in [0.2, 0.25) is 0 Å². The van der Waals surface area contributed by atoms with Gasteiger partial charge in [0, 0.05) is 43.3 Å². The molecule has 0 unspecified atom stereocenters. The van der Waals surface area contributed by atoms with Gasteiger partial charge in [-0.05, 0) is 29.8 Å². The van der Waals surface area contributed by atoms with Crippen molar-refractivity contribution in [1.82, 2.24) is 24.6 Å². The van der Waals surface area contributed by atoms with E-state index >= 15 is 0 Å². The highest BCUT2D eigenvalue weighted by atomic mass is 19.4. The Hall–Kier alpha value is -4.02. The zero-order valence-electron chi connectivity index (χ0n) is 16.2. The fourth-order valence-corrected chi connectivity index (χ4v) is 2.92. The number of benzene rings is 1. The van der Waals surface area contributed by atoms with Crippen molar-refractivity contribution >= 4 is 23.2 Å². The number of hydrogen-bond donors (Lipinski definition) is 1. The van der Waals surface area contributed by atoms with E-state index in [0.717, 1.165) is 18.0 Å². The molecule has 1 N–H and O–H groups in total. The Bertz CT molecular complexity index is 1210. The minimum Gasteiger partial charge on any atom is -0.366 e. The molecule has 31 heavy (non-hydrogen) atoms. The molecule has 0 bridgehead atoms. The Morgan fingerprint density at radius 1 is 1.13 bits per heavy atom. The average molecular weight is 427 g/mol. The van der Waals surface area contributed by atoms with Crippen molar-refractivity contribution < 1.29 is 18.0 Å². The fourth-order valence-electron chi connectivity index (χ4n) is 2.92. The van der Waals surface area contributed by atoms with Crippen molar-refractivity contribution in [2.45, 2.75) is 12.7 Å². The molecule has 0 saturated heterocycles. The van der Waals surface area contributed by atoms with Gasteiger partial charge in [0.15, 0.2) is 5.69 Å². The number of fused-ring (bicyclic) bond motifs is 1. The summed E-state index contributed by atoms with van der Waals surface area (Å²) in [5.74, 6) is -0.217. The van der Waals surface area contributed by atoms with E-state index in [4.69, 9.17) is 0 Å². The molecule has 0 radical (unpaired) electrons. The molecular formula is C20H16F3N7O. The lowest BCUT2D eigenvalue weighted by molar-refractivity contribution is -0.141. The van der Waals surface area contributed by atoms with Crippen LogP contribution in [0.3, 0.4) is 0 Å². The van der Waals surface area contributed by atoms with Crippen LogP contribution >= 0.6 is 0 Å². The zero-order chi connectivity index (χ0) is 22.0. The second-order valence-corrected chi connectivity index (χ2v) is 6.62. The lowest BCUT2D eigenvalue weighted by Gasteiger charge is -2.18. The van der Waals surface area contributed by atoms with E-state index in [1.807, 2.05) is 0 Å². The molecular weight excluding hydrogens is 411 g/mol. The molecule has 3 heterocycles. The normalized spacial score (nSPS) is 11.5. The summed E-state index contributed by atoms with van der Waals surface area (Å²) >= 11 is 0. The predicted octanol–water partition coefficient (Wildman–Crippen LogP) is 3.43. The van der Waals surface area contributed by atoms with E-state index in [9.17, 15) is 18.0 Å². The quantitative estimate of drug-likeness (QED) is 0.525. The minimum atomic E-state index is -4.60. The van der Waals surface area contributed by atoms with Gasteiger partial charge in [0.2, 0.25) is 0 Å². The average Bonchev–Trinajstić information content (AvgIpc) is 3.26. The van der Waals surface area contributed by atoms with Gasteiger partial charge < -0.3 is 10.2 Å².